The Morgan fingerprint density at radius 2 is 1.43 bits per heavy atom. The van der Waals surface area contributed by atoms with E-state index in [1.807, 2.05) is 0 Å². The Morgan fingerprint density at radius 3 is 1.93 bits per heavy atom. The lowest BCUT2D eigenvalue weighted by molar-refractivity contribution is -0.168. The first-order chi connectivity index (χ1) is 14.4. The molecule has 0 fully saturated rings. The van der Waals surface area contributed by atoms with Gasteiger partial charge in [0.05, 0.1) is 19.8 Å². The van der Waals surface area contributed by atoms with Crippen molar-refractivity contribution in [1.82, 2.24) is 5.32 Å². The molecule has 0 aliphatic carbocycles. The SMILES string of the molecule is CCCCCCCOc1ccc(CC(NC(C)=O)(C(=O)OCC)C(=O)OCC)cc1. The van der Waals surface area contributed by atoms with Gasteiger partial charge < -0.3 is 19.5 Å². The van der Waals surface area contributed by atoms with Gasteiger partial charge in [-0.3, -0.25) is 4.79 Å². The van der Waals surface area contributed by atoms with E-state index in [1.165, 1.54) is 26.2 Å². The minimum atomic E-state index is -1.93. The molecule has 0 saturated carbocycles. The average Bonchev–Trinajstić information content (AvgIpc) is 2.71. The molecule has 0 atom stereocenters. The molecule has 0 saturated heterocycles. The van der Waals surface area contributed by atoms with E-state index in [2.05, 4.69) is 12.2 Å². The first-order valence-electron chi connectivity index (χ1n) is 10.7. The standard InChI is InChI=1S/C23H35NO6/c1-5-8-9-10-11-16-30-20-14-12-19(13-15-20)17-23(24-18(4)25,21(26)28-6-2)22(27)29-7-3/h12-15H,5-11,16-17H2,1-4H3,(H,24,25). The Balaban J connectivity index is 2.90. The molecule has 1 aromatic carbocycles. The third-order valence-corrected chi connectivity index (χ3v) is 4.55. The zero-order chi connectivity index (χ0) is 22.4. The summed E-state index contributed by atoms with van der Waals surface area (Å²) < 4.78 is 15.9. The Labute approximate surface area is 179 Å². The zero-order valence-corrected chi connectivity index (χ0v) is 18.6. The van der Waals surface area contributed by atoms with Crippen LogP contribution in [0, 0.1) is 0 Å². The number of carbonyl (C=O) groups is 3. The molecule has 7 nitrogen and oxygen atoms in total. The van der Waals surface area contributed by atoms with Crippen LogP contribution in [0.4, 0.5) is 0 Å². The minimum absolute atomic E-state index is 0.0740. The fourth-order valence-corrected chi connectivity index (χ4v) is 3.09. The van der Waals surface area contributed by atoms with Gasteiger partial charge >= 0.3 is 11.9 Å². The van der Waals surface area contributed by atoms with Gasteiger partial charge in [0, 0.05) is 13.3 Å². The smallest absolute Gasteiger partial charge is 0.344 e. The van der Waals surface area contributed by atoms with Crippen LogP contribution >= 0.6 is 0 Å². The molecule has 0 aliphatic rings. The van der Waals surface area contributed by atoms with Crippen molar-refractivity contribution < 1.29 is 28.6 Å². The van der Waals surface area contributed by atoms with Crippen LogP contribution in [0.2, 0.25) is 0 Å². The van der Waals surface area contributed by atoms with Gasteiger partial charge in [-0.1, -0.05) is 44.7 Å². The van der Waals surface area contributed by atoms with Crippen LogP contribution < -0.4 is 10.1 Å². The van der Waals surface area contributed by atoms with E-state index in [1.54, 1.807) is 38.1 Å². The molecule has 0 spiro atoms. The maximum atomic E-state index is 12.7. The lowest BCUT2D eigenvalue weighted by Gasteiger charge is -2.29. The second-order valence-electron chi connectivity index (χ2n) is 7.11. The van der Waals surface area contributed by atoms with E-state index in [0.717, 1.165) is 12.8 Å². The Morgan fingerprint density at radius 1 is 0.867 bits per heavy atom. The normalized spacial score (nSPS) is 10.9. The van der Waals surface area contributed by atoms with E-state index < -0.39 is 23.4 Å². The van der Waals surface area contributed by atoms with Crippen molar-refractivity contribution in [1.29, 1.82) is 0 Å². The van der Waals surface area contributed by atoms with Crippen LogP contribution in [0.3, 0.4) is 0 Å². The zero-order valence-electron chi connectivity index (χ0n) is 18.6. The van der Waals surface area contributed by atoms with E-state index in [-0.39, 0.29) is 19.6 Å². The molecule has 0 bridgehead atoms. The Kier molecular flexibility index (Phi) is 11.6. The molecule has 0 radical (unpaired) electrons. The molecule has 0 heterocycles. The van der Waals surface area contributed by atoms with Crippen LogP contribution in [0.1, 0.15) is 65.4 Å². The van der Waals surface area contributed by atoms with Gasteiger partial charge in [-0.05, 0) is 38.0 Å². The van der Waals surface area contributed by atoms with Crippen molar-refractivity contribution in [3.63, 3.8) is 0 Å². The number of esters is 2. The summed E-state index contributed by atoms with van der Waals surface area (Å²) in [5.74, 6) is -1.50. The molecule has 1 amide bonds. The number of unbranched alkanes of at least 4 members (excludes halogenated alkanes) is 4. The van der Waals surface area contributed by atoms with Gasteiger partial charge in [0.1, 0.15) is 5.75 Å². The molecule has 1 N–H and O–H groups in total. The average molecular weight is 422 g/mol. The third-order valence-electron chi connectivity index (χ3n) is 4.55. The van der Waals surface area contributed by atoms with E-state index in [4.69, 9.17) is 14.2 Å². The summed E-state index contributed by atoms with van der Waals surface area (Å²) in [5.41, 5.74) is -1.26. The van der Waals surface area contributed by atoms with E-state index in [0.29, 0.717) is 17.9 Å². The highest BCUT2D eigenvalue weighted by molar-refractivity contribution is 6.08. The van der Waals surface area contributed by atoms with Crippen LogP contribution in [0.15, 0.2) is 24.3 Å². The third kappa shape index (κ3) is 8.05. The van der Waals surface area contributed by atoms with Crippen LogP contribution in [0.25, 0.3) is 0 Å². The molecule has 1 rings (SSSR count). The minimum Gasteiger partial charge on any atom is -0.494 e. The predicted molar refractivity (Wildman–Crippen MR) is 114 cm³/mol. The molecule has 0 aliphatic heterocycles. The molecule has 1 aromatic rings. The van der Waals surface area contributed by atoms with Crippen molar-refractivity contribution in [2.75, 3.05) is 19.8 Å². The maximum absolute atomic E-state index is 12.7. The summed E-state index contributed by atoms with van der Waals surface area (Å²) in [4.78, 5) is 37.1. The van der Waals surface area contributed by atoms with Gasteiger partial charge in [-0.2, -0.15) is 0 Å². The lowest BCUT2D eigenvalue weighted by atomic mass is 9.90. The van der Waals surface area contributed by atoms with Gasteiger partial charge in [-0.25, -0.2) is 9.59 Å². The largest absolute Gasteiger partial charge is 0.494 e. The van der Waals surface area contributed by atoms with Crippen LogP contribution in [-0.4, -0.2) is 43.2 Å². The monoisotopic (exact) mass is 421 g/mol. The van der Waals surface area contributed by atoms with Crippen LogP contribution in [0.5, 0.6) is 5.75 Å². The van der Waals surface area contributed by atoms with Crippen molar-refractivity contribution in [2.24, 2.45) is 0 Å². The number of hydrogen-bond acceptors (Lipinski definition) is 6. The highest BCUT2D eigenvalue weighted by atomic mass is 16.6. The molecule has 7 heteroatoms. The Bertz CT molecular complexity index is 653. The summed E-state index contributed by atoms with van der Waals surface area (Å²) in [6.07, 6.45) is 5.72. The summed E-state index contributed by atoms with van der Waals surface area (Å²) >= 11 is 0. The van der Waals surface area contributed by atoms with Crippen molar-refractivity contribution in [3.8, 4) is 5.75 Å². The van der Waals surface area contributed by atoms with Gasteiger partial charge in [-0.15, -0.1) is 0 Å². The van der Waals surface area contributed by atoms with E-state index >= 15 is 0 Å². The van der Waals surface area contributed by atoms with Gasteiger partial charge in [0.25, 0.3) is 0 Å². The number of ether oxygens (including phenoxy) is 3. The highest BCUT2D eigenvalue weighted by Crippen LogP contribution is 2.21. The summed E-state index contributed by atoms with van der Waals surface area (Å²) in [6.45, 7) is 7.49. The van der Waals surface area contributed by atoms with Gasteiger partial charge in [0.2, 0.25) is 11.4 Å². The molecular formula is C23H35NO6. The number of rotatable bonds is 14. The molecular weight excluding hydrogens is 386 g/mol. The number of nitrogens with one attached hydrogen (secondary N) is 1. The van der Waals surface area contributed by atoms with Crippen molar-refractivity contribution in [3.05, 3.63) is 29.8 Å². The summed E-state index contributed by atoms with van der Waals surface area (Å²) in [7, 11) is 0. The second-order valence-corrected chi connectivity index (χ2v) is 7.11. The Hall–Kier alpha value is -2.57. The number of carbonyl (C=O) groups excluding carboxylic acids is 3. The number of hydrogen-bond donors (Lipinski definition) is 1. The quantitative estimate of drug-likeness (QED) is 0.280. The van der Waals surface area contributed by atoms with E-state index in [9.17, 15) is 14.4 Å². The molecule has 0 unspecified atom stereocenters. The van der Waals surface area contributed by atoms with Crippen molar-refractivity contribution in [2.45, 2.75) is 71.8 Å². The number of amides is 1. The molecule has 30 heavy (non-hydrogen) atoms. The summed E-state index contributed by atoms with van der Waals surface area (Å²) in [6, 6.07) is 7.11. The number of benzene rings is 1. The molecule has 168 valence electrons. The second kappa shape index (κ2) is 13.6. The summed E-state index contributed by atoms with van der Waals surface area (Å²) in [5, 5.41) is 2.47. The fraction of sp³-hybridized carbons (Fsp3) is 0.609. The van der Waals surface area contributed by atoms with Crippen LogP contribution in [-0.2, 0) is 30.3 Å². The maximum Gasteiger partial charge on any atom is 0.344 e. The lowest BCUT2D eigenvalue weighted by Crippen LogP contribution is -2.62. The topological polar surface area (TPSA) is 90.9 Å². The fourth-order valence-electron chi connectivity index (χ4n) is 3.09. The van der Waals surface area contributed by atoms with Crippen molar-refractivity contribution >= 4 is 17.8 Å². The first-order valence-corrected chi connectivity index (χ1v) is 10.7. The highest BCUT2D eigenvalue weighted by Gasteiger charge is 2.50. The predicted octanol–water partition coefficient (Wildman–Crippen LogP) is 3.58. The van der Waals surface area contributed by atoms with Gasteiger partial charge in [0.15, 0.2) is 0 Å². The first kappa shape index (κ1) is 25.5. The molecule has 0 aromatic heterocycles.